The van der Waals surface area contributed by atoms with Gasteiger partial charge in [-0.25, -0.2) is 4.90 Å². The van der Waals surface area contributed by atoms with E-state index in [0.29, 0.717) is 11.4 Å². The number of benzene rings is 4. The van der Waals surface area contributed by atoms with Gasteiger partial charge >= 0.3 is 0 Å². The molecule has 3 aliphatic carbocycles. The number of nitrogens with zero attached hydrogens (tertiary/aromatic N) is 2. The van der Waals surface area contributed by atoms with Gasteiger partial charge < -0.3 is 4.74 Å². The van der Waals surface area contributed by atoms with E-state index in [0.717, 1.165) is 39.1 Å². The van der Waals surface area contributed by atoms with Crippen LogP contribution in [-0.4, -0.2) is 25.1 Å². The van der Waals surface area contributed by atoms with Crippen molar-refractivity contribution < 1.29 is 14.3 Å². The Hall–Kier alpha value is -4.51. The molecular weight excluding hydrogens is 484 g/mol. The molecule has 4 aromatic carbocycles. The number of aliphatic imine (C=N–C) groups is 1. The number of imide groups is 1. The van der Waals surface area contributed by atoms with Gasteiger partial charge in [0.25, 0.3) is 0 Å². The van der Waals surface area contributed by atoms with Crippen molar-refractivity contribution >= 4 is 29.4 Å². The number of ether oxygens (including phenoxy) is 1. The summed E-state index contributed by atoms with van der Waals surface area (Å²) in [5.41, 5.74) is 7.12. The molecule has 4 aromatic rings. The van der Waals surface area contributed by atoms with Crippen molar-refractivity contribution in [3.05, 3.63) is 124 Å². The predicted molar refractivity (Wildman–Crippen MR) is 152 cm³/mol. The quantitative estimate of drug-likeness (QED) is 0.239. The summed E-state index contributed by atoms with van der Waals surface area (Å²) in [7, 11) is 1.60. The average molecular weight is 513 g/mol. The first-order valence-electron chi connectivity index (χ1n) is 13.3. The molecule has 1 fully saturated rings. The SMILES string of the molecule is COc1ccc(N2C(=O)C3C4c5ccccc5C(C=Nc5cccc(C)c5C)(c5ccccc54)C3C2=O)cc1. The molecule has 1 saturated heterocycles. The molecule has 0 N–H and O–H groups in total. The molecule has 2 atom stereocenters. The van der Waals surface area contributed by atoms with Crippen molar-refractivity contribution in [2.24, 2.45) is 16.8 Å². The van der Waals surface area contributed by atoms with Crippen molar-refractivity contribution in [3.63, 3.8) is 0 Å². The zero-order valence-electron chi connectivity index (χ0n) is 22.1. The summed E-state index contributed by atoms with van der Waals surface area (Å²) in [5.74, 6) is -0.985. The second-order valence-electron chi connectivity index (χ2n) is 10.7. The van der Waals surface area contributed by atoms with E-state index < -0.39 is 17.3 Å². The molecule has 0 radical (unpaired) electrons. The van der Waals surface area contributed by atoms with Crippen molar-refractivity contribution in [1.29, 1.82) is 0 Å². The Morgan fingerprint density at radius 3 is 2.08 bits per heavy atom. The van der Waals surface area contributed by atoms with E-state index in [4.69, 9.17) is 9.73 Å². The molecule has 5 nitrogen and oxygen atoms in total. The Morgan fingerprint density at radius 1 is 0.795 bits per heavy atom. The van der Waals surface area contributed by atoms with Crippen LogP contribution in [0.25, 0.3) is 0 Å². The Kier molecular flexibility index (Phi) is 5.14. The molecule has 1 aliphatic heterocycles. The van der Waals surface area contributed by atoms with Crippen LogP contribution >= 0.6 is 0 Å². The molecule has 2 amide bonds. The largest absolute Gasteiger partial charge is 0.497 e. The van der Waals surface area contributed by atoms with E-state index >= 15 is 0 Å². The predicted octanol–water partition coefficient (Wildman–Crippen LogP) is 6.27. The first kappa shape index (κ1) is 23.6. The third kappa shape index (κ3) is 3.10. The van der Waals surface area contributed by atoms with Gasteiger partial charge in [-0.1, -0.05) is 60.7 Å². The van der Waals surface area contributed by atoms with Crippen LogP contribution in [0.3, 0.4) is 0 Å². The van der Waals surface area contributed by atoms with Gasteiger partial charge in [0, 0.05) is 12.1 Å². The van der Waals surface area contributed by atoms with E-state index in [1.54, 1.807) is 31.4 Å². The Bertz CT molecular complexity index is 1640. The second kappa shape index (κ2) is 8.50. The molecule has 0 spiro atoms. The highest BCUT2D eigenvalue weighted by Gasteiger charge is 2.67. The lowest BCUT2D eigenvalue weighted by Gasteiger charge is -2.52. The summed E-state index contributed by atoms with van der Waals surface area (Å²) in [4.78, 5) is 35.2. The van der Waals surface area contributed by atoms with E-state index in [9.17, 15) is 9.59 Å². The maximum atomic E-state index is 14.5. The van der Waals surface area contributed by atoms with Crippen LogP contribution in [0, 0.1) is 25.7 Å². The number of methoxy groups -OCH3 is 1. The summed E-state index contributed by atoms with van der Waals surface area (Å²) in [5, 5.41) is 0. The minimum atomic E-state index is -0.878. The number of anilines is 1. The smallest absolute Gasteiger partial charge is 0.239 e. The lowest BCUT2D eigenvalue weighted by atomic mass is 9.47. The van der Waals surface area contributed by atoms with E-state index in [1.807, 2.05) is 42.6 Å². The summed E-state index contributed by atoms with van der Waals surface area (Å²) >= 11 is 0. The van der Waals surface area contributed by atoms with Gasteiger partial charge in [0.2, 0.25) is 11.8 Å². The van der Waals surface area contributed by atoms with Crippen LogP contribution in [0.1, 0.15) is 39.3 Å². The molecule has 2 bridgehead atoms. The minimum absolute atomic E-state index is 0.159. The number of carbonyl (C=O) groups is 2. The molecular formula is C34H28N2O3. The van der Waals surface area contributed by atoms with Gasteiger partial charge in [0.1, 0.15) is 5.75 Å². The van der Waals surface area contributed by atoms with Gasteiger partial charge in [0.15, 0.2) is 0 Å². The van der Waals surface area contributed by atoms with Crippen molar-refractivity contribution in [1.82, 2.24) is 0 Å². The second-order valence-corrected chi connectivity index (χ2v) is 10.7. The van der Waals surface area contributed by atoms with E-state index in [2.05, 4.69) is 44.2 Å². The molecule has 0 aromatic heterocycles. The number of hydrogen-bond donors (Lipinski definition) is 0. The monoisotopic (exact) mass is 512 g/mol. The first-order chi connectivity index (χ1) is 19.0. The highest BCUT2D eigenvalue weighted by atomic mass is 16.5. The van der Waals surface area contributed by atoms with Crippen LogP contribution in [0.4, 0.5) is 11.4 Å². The van der Waals surface area contributed by atoms with Crippen molar-refractivity contribution in [2.45, 2.75) is 25.2 Å². The highest BCUT2D eigenvalue weighted by molar-refractivity contribution is 6.25. The van der Waals surface area contributed by atoms with Crippen LogP contribution in [0.15, 0.2) is 96.0 Å². The third-order valence-corrected chi connectivity index (χ3v) is 9.00. The van der Waals surface area contributed by atoms with E-state index in [1.165, 1.54) is 4.90 Å². The standard InChI is InChI=1S/C34H28N2O3/c1-20-9-8-14-28(21(20)2)35-19-34-26-12-6-4-10-24(26)29(25-11-5-7-13-27(25)34)30-31(34)33(38)36(32(30)37)22-15-17-23(39-3)18-16-22/h4-19,29-31H,1-3H3. The topological polar surface area (TPSA) is 59.0 Å². The van der Waals surface area contributed by atoms with Crippen LogP contribution < -0.4 is 9.64 Å². The van der Waals surface area contributed by atoms with E-state index in [-0.39, 0.29) is 17.7 Å². The Labute approximate surface area is 227 Å². The zero-order chi connectivity index (χ0) is 26.9. The third-order valence-electron chi connectivity index (χ3n) is 9.00. The Morgan fingerprint density at radius 2 is 1.44 bits per heavy atom. The maximum absolute atomic E-state index is 14.5. The van der Waals surface area contributed by atoms with Crippen LogP contribution in [-0.2, 0) is 15.0 Å². The van der Waals surface area contributed by atoms with Gasteiger partial charge in [0.05, 0.1) is 35.7 Å². The zero-order valence-corrected chi connectivity index (χ0v) is 22.1. The van der Waals surface area contributed by atoms with Crippen molar-refractivity contribution in [2.75, 3.05) is 12.0 Å². The fourth-order valence-corrected chi connectivity index (χ4v) is 7.08. The average Bonchev–Trinajstić information content (AvgIpc) is 3.24. The molecule has 1 heterocycles. The first-order valence-corrected chi connectivity index (χ1v) is 13.3. The molecule has 2 unspecified atom stereocenters. The Balaban J connectivity index is 1.49. The lowest BCUT2D eigenvalue weighted by molar-refractivity contribution is -0.122. The summed E-state index contributed by atoms with van der Waals surface area (Å²) in [6.07, 6.45) is 1.96. The minimum Gasteiger partial charge on any atom is -0.497 e. The molecule has 5 heteroatoms. The van der Waals surface area contributed by atoms with Gasteiger partial charge in [-0.2, -0.15) is 0 Å². The highest BCUT2D eigenvalue weighted by Crippen LogP contribution is 2.63. The van der Waals surface area contributed by atoms with Gasteiger partial charge in [-0.3, -0.25) is 14.6 Å². The van der Waals surface area contributed by atoms with Crippen molar-refractivity contribution in [3.8, 4) is 5.75 Å². The van der Waals surface area contributed by atoms with Crippen LogP contribution in [0.5, 0.6) is 5.75 Å². The van der Waals surface area contributed by atoms with Gasteiger partial charge in [-0.05, 0) is 77.6 Å². The summed E-state index contributed by atoms with van der Waals surface area (Å²) < 4.78 is 5.31. The fourth-order valence-electron chi connectivity index (χ4n) is 7.08. The number of hydrogen-bond acceptors (Lipinski definition) is 4. The maximum Gasteiger partial charge on any atom is 0.239 e. The summed E-state index contributed by atoms with van der Waals surface area (Å²) in [6, 6.07) is 29.7. The number of amides is 2. The molecule has 39 heavy (non-hydrogen) atoms. The summed E-state index contributed by atoms with van der Waals surface area (Å²) in [6.45, 7) is 4.14. The molecule has 4 aliphatic rings. The normalized spacial score (nSPS) is 24.6. The number of aryl methyl sites for hydroxylation is 1. The molecule has 8 rings (SSSR count). The van der Waals surface area contributed by atoms with Gasteiger partial charge in [-0.15, -0.1) is 0 Å². The number of rotatable bonds is 4. The molecule has 192 valence electrons. The molecule has 0 saturated carbocycles. The van der Waals surface area contributed by atoms with Crippen LogP contribution in [0.2, 0.25) is 0 Å². The fraction of sp³-hybridized carbons (Fsp3) is 0.206. The number of carbonyl (C=O) groups excluding carboxylic acids is 2. The lowest BCUT2D eigenvalue weighted by Crippen LogP contribution is -2.54.